The van der Waals surface area contributed by atoms with Crippen molar-refractivity contribution in [2.45, 2.75) is 12.5 Å². The predicted octanol–water partition coefficient (Wildman–Crippen LogP) is 2.14. The summed E-state index contributed by atoms with van der Waals surface area (Å²) in [4.78, 5) is 21.5. The first kappa shape index (κ1) is 10.4. The van der Waals surface area contributed by atoms with Crippen LogP contribution in [-0.2, 0) is 9.53 Å². The van der Waals surface area contributed by atoms with Crippen LogP contribution in [0.1, 0.15) is 18.1 Å². The molecule has 1 unspecified atom stereocenters. The first-order chi connectivity index (χ1) is 7.68. The third-order valence-electron chi connectivity index (χ3n) is 2.36. The van der Waals surface area contributed by atoms with E-state index >= 15 is 0 Å². The summed E-state index contributed by atoms with van der Waals surface area (Å²) >= 11 is 0. The van der Waals surface area contributed by atoms with E-state index in [1.165, 1.54) is 18.4 Å². The van der Waals surface area contributed by atoms with Crippen LogP contribution in [0.5, 0.6) is 0 Å². The fourth-order valence-corrected chi connectivity index (χ4v) is 1.62. The number of nitro benzene ring substituents is 1. The van der Waals surface area contributed by atoms with Crippen LogP contribution in [0.3, 0.4) is 0 Å². The van der Waals surface area contributed by atoms with E-state index < -0.39 is 11.0 Å². The van der Waals surface area contributed by atoms with Crippen molar-refractivity contribution < 1.29 is 14.5 Å². The Morgan fingerprint density at radius 1 is 1.38 bits per heavy atom. The quantitative estimate of drug-likeness (QED) is 0.564. The van der Waals surface area contributed by atoms with Crippen LogP contribution >= 0.6 is 0 Å². The highest BCUT2D eigenvalue weighted by molar-refractivity contribution is 5.90. The number of benzene rings is 1. The average Bonchev–Trinajstić information content (AvgIpc) is 2.29. The van der Waals surface area contributed by atoms with Crippen LogP contribution < -0.4 is 0 Å². The molecule has 1 heterocycles. The van der Waals surface area contributed by atoms with Crippen LogP contribution in [0.4, 0.5) is 5.69 Å². The Morgan fingerprint density at radius 2 is 2.12 bits per heavy atom. The second-order valence-corrected chi connectivity index (χ2v) is 3.41. The molecule has 1 aromatic rings. The zero-order valence-electron chi connectivity index (χ0n) is 8.33. The molecule has 0 bridgehead atoms. The van der Waals surface area contributed by atoms with Crippen molar-refractivity contribution in [3.63, 3.8) is 0 Å². The monoisotopic (exact) mass is 219 g/mol. The molecule has 1 atom stereocenters. The Kier molecular flexibility index (Phi) is 2.68. The second kappa shape index (κ2) is 4.14. The highest BCUT2D eigenvalue weighted by Gasteiger charge is 2.25. The van der Waals surface area contributed by atoms with Crippen LogP contribution in [0.25, 0.3) is 0 Å². The largest absolute Gasteiger partial charge is 0.492 e. The standard InChI is InChI=1S/C11H9NO4/c13-8-5-6-16-11(7-8)9-3-1-2-4-10(9)12(14)15/h1-6,11H,7H2. The number of allylic oxidation sites excluding steroid dienone is 1. The van der Waals surface area contributed by atoms with Crippen molar-refractivity contribution >= 4 is 11.5 Å². The number of ether oxygens (including phenoxy) is 1. The van der Waals surface area contributed by atoms with E-state index in [0.29, 0.717) is 5.56 Å². The van der Waals surface area contributed by atoms with E-state index in [2.05, 4.69) is 0 Å². The minimum atomic E-state index is -0.556. The highest BCUT2D eigenvalue weighted by atomic mass is 16.6. The summed E-state index contributed by atoms with van der Waals surface area (Å²) in [5.74, 6) is -0.0885. The molecule has 0 saturated heterocycles. The fourth-order valence-electron chi connectivity index (χ4n) is 1.62. The zero-order chi connectivity index (χ0) is 11.5. The van der Waals surface area contributed by atoms with E-state index in [1.54, 1.807) is 18.2 Å². The SMILES string of the molecule is O=C1C=COC(c2ccccc2[N+](=O)[O-])C1. The van der Waals surface area contributed by atoms with Gasteiger partial charge in [0.15, 0.2) is 5.78 Å². The molecule has 0 fully saturated rings. The van der Waals surface area contributed by atoms with E-state index in [-0.39, 0.29) is 17.9 Å². The molecule has 5 nitrogen and oxygen atoms in total. The van der Waals surface area contributed by atoms with Gasteiger partial charge in [0.05, 0.1) is 23.2 Å². The minimum Gasteiger partial charge on any atom is -0.492 e. The predicted molar refractivity (Wildman–Crippen MR) is 55.7 cm³/mol. The highest BCUT2D eigenvalue weighted by Crippen LogP contribution is 2.31. The molecule has 0 spiro atoms. The summed E-state index contributed by atoms with van der Waals surface area (Å²) in [6.07, 6.45) is 2.19. The summed E-state index contributed by atoms with van der Waals surface area (Å²) in [5, 5.41) is 10.8. The number of hydrogen-bond donors (Lipinski definition) is 0. The summed E-state index contributed by atoms with van der Waals surface area (Å²) in [5.41, 5.74) is 0.417. The lowest BCUT2D eigenvalue weighted by molar-refractivity contribution is -0.386. The Labute approximate surface area is 91.5 Å². The van der Waals surface area contributed by atoms with Gasteiger partial charge in [0.25, 0.3) is 5.69 Å². The summed E-state index contributed by atoms with van der Waals surface area (Å²) < 4.78 is 5.22. The Bertz CT molecular complexity index is 467. The van der Waals surface area contributed by atoms with E-state index in [9.17, 15) is 14.9 Å². The number of para-hydroxylation sites is 1. The van der Waals surface area contributed by atoms with E-state index in [4.69, 9.17) is 4.74 Å². The molecular weight excluding hydrogens is 210 g/mol. The first-order valence-electron chi connectivity index (χ1n) is 4.76. The first-order valence-corrected chi connectivity index (χ1v) is 4.76. The fraction of sp³-hybridized carbons (Fsp3) is 0.182. The number of carbonyl (C=O) groups is 1. The van der Waals surface area contributed by atoms with Gasteiger partial charge < -0.3 is 4.74 Å². The molecule has 0 amide bonds. The Hall–Kier alpha value is -2.17. The normalized spacial score (nSPS) is 19.2. The molecule has 1 aliphatic heterocycles. The zero-order valence-corrected chi connectivity index (χ0v) is 8.33. The third-order valence-corrected chi connectivity index (χ3v) is 2.36. The van der Waals surface area contributed by atoms with Gasteiger partial charge in [-0.05, 0) is 6.07 Å². The lowest BCUT2D eigenvalue weighted by atomic mass is 10.0. The molecule has 0 radical (unpaired) electrons. The summed E-state index contributed by atoms with van der Waals surface area (Å²) in [6.45, 7) is 0. The molecule has 82 valence electrons. The maximum absolute atomic E-state index is 11.2. The third kappa shape index (κ3) is 1.93. The van der Waals surface area contributed by atoms with Gasteiger partial charge >= 0.3 is 0 Å². The number of rotatable bonds is 2. The van der Waals surface area contributed by atoms with Gasteiger partial charge in [-0.25, -0.2) is 0 Å². The summed E-state index contributed by atoms with van der Waals surface area (Å²) in [7, 11) is 0. The molecule has 0 aliphatic carbocycles. The maximum atomic E-state index is 11.2. The van der Waals surface area contributed by atoms with Gasteiger partial charge in [-0.3, -0.25) is 14.9 Å². The number of nitro groups is 1. The second-order valence-electron chi connectivity index (χ2n) is 3.41. The van der Waals surface area contributed by atoms with E-state index in [1.807, 2.05) is 0 Å². The van der Waals surface area contributed by atoms with Crippen molar-refractivity contribution in [3.8, 4) is 0 Å². The van der Waals surface area contributed by atoms with Crippen LogP contribution in [0.2, 0.25) is 0 Å². The maximum Gasteiger partial charge on any atom is 0.276 e. The van der Waals surface area contributed by atoms with Gasteiger partial charge in [-0.1, -0.05) is 12.1 Å². The van der Waals surface area contributed by atoms with Crippen molar-refractivity contribution in [2.24, 2.45) is 0 Å². The number of carbonyl (C=O) groups excluding carboxylic acids is 1. The van der Waals surface area contributed by atoms with Gasteiger partial charge in [0.2, 0.25) is 0 Å². The minimum absolute atomic E-state index is 0.0180. The molecule has 0 N–H and O–H groups in total. The van der Waals surface area contributed by atoms with Gasteiger partial charge in [-0.15, -0.1) is 0 Å². The lowest BCUT2D eigenvalue weighted by Gasteiger charge is -2.18. The molecule has 0 saturated carbocycles. The smallest absolute Gasteiger partial charge is 0.276 e. The molecule has 1 aromatic carbocycles. The molecule has 5 heteroatoms. The van der Waals surface area contributed by atoms with Gasteiger partial charge in [0.1, 0.15) is 6.10 Å². The molecule has 0 aromatic heterocycles. The molecule has 16 heavy (non-hydrogen) atoms. The van der Waals surface area contributed by atoms with E-state index in [0.717, 1.165) is 0 Å². The van der Waals surface area contributed by atoms with Gasteiger partial charge in [0, 0.05) is 12.1 Å². The number of ketones is 1. The topological polar surface area (TPSA) is 69.4 Å². The molecule has 2 rings (SSSR count). The lowest BCUT2D eigenvalue weighted by Crippen LogP contribution is -2.12. The average molecular weight is 219 g/mol. The van der Waals surface area contributed by atoms with Crippen molar-refractivity contribution in [1.82, 2.24) is 0 Å². The van der Waals surface area contributed by atoms with Crippen LogP contribution in [-0.4, -0.2) is 10.7 Å². The Balaban J connectivity index is 2.36. The van der Waals surface area contributed by atoms with Crippen molar-refractivity contribution in [2.75, 3.05) is 0 Å². The summed E-state index contributed by atoms with van der Waals surface area (Å²) in [6, 6.07) is 6.29. The van der Waals surface area contributed by atoms with Gasteiger partial charge in [-0.2, -0.15) is 0 Å². The van der Waals surface area contributed by atoms with Crippen LogP contribution in [0.15, 0.2) is 36.6 Å². The van der Waals surface area contributed by atoms with Crippen molar-refractivity contribution in [3.05, 3.63) is 52.3 Å². The van der Waals surface area contributed by atoms with Crippen molar-refractivity contribution in [1.29, 1.82) is 0 Å². The van der Waals surface area contributed by atoms with Crippen LogP contribution in [0, 0.1) is 10.1 Å². The molecular formula is C11H9NO4. The molecule has 1 aliphatic rings. The number of hydrogen-bond acceptors (Lipinski definition) is 4. The number of nitrogens with zero attached hydrogens (tertiary/aromatic N) is 1. The Morgan fingerprint density at radius 3 is 2.81 bits per heavy atom.